The van der Waals surface area contributed by atoms with Gasteiger partial charge in [0.2, 0.25) is 5.78 Å². The Balaban J connectivity index is 1.70. The lowest BCUT2D eigenvalue weighted by molar-refractivity contribution is 0.0920. The van der Waals surface area contributed by atoms with Crippen molar-refractivity contribution < 1.29 is 22.3 Å². The summed E-state index contributed by atoms with van der Waals surface area (Å²) in [6, 6.07) is 14.0. The van der Waals surface area contributed by atoms with Gasteiger partial charge in [0.15, 0.2) is 16.4 Å². The number of nitrogens with zero attached hydrogens (tertiary/aromatic N) is 1. The summed E-state index contributed by atoms with van der Waals surface area (Å²) in [7, 11) is -3.28. The van der Waals surface area contributed by atoms with Crippen molar-refractivity contribution in [1.29, 1.82) is 0 Å². The quantitative estimate of drug-likeness (QED) is 0.548. The van der Waals surface area contributed by atoms with E-state index in [4.69, 9.17) is 4.74 Å². The summed E-state index contributed by atoms with van der Waals surface area (Å²) in [6.07, 6.45) is 1.13. The van der Waals surface area contributed by atoms with Gasteiger partial charge in [0.05, 0.1) is 4.90 Å². The Bertz CT molecular complexity index is 1130. The van der Waals surface area contributed by atoms with Crippen LogP contribution in [-0.4, -0.2) is 31.6 Å². The molecule has 152 valence electrons. The van der Waals surface area contributed by atoms with Crippen LogP contribution in [0.4, 0.5) is 4.39 Å². The Morgan fingerprint density at radius 3 is 2.24 bits per heavy atom. The van der Waals surface area contributed by atoms with Gasteiger partial charge in [-0.1, -0.05) is 12.1 Å². The first-order valence-corrected chi connectivity index (χ1v) is 10.9. The number of carbonyl (C=O) groups excluding carboxylic acids is 1. The monoisotopic (exact) mass is 415 g/mol. The van der Waals surface area contributed by atoms with Crippen molar-refractivity contribution in [2.75, 3.05) is 12.9 Å². The van der Waals surface area contributed by atoms with Gasteiger partial charge in [-0.3, -0.25) is 4.79 Å². The first-order valence-electron chi connectivity index (χ1n) is 9.02. The van der Waals surface area contributed by atoms with Crippen molar-refractivity contribution in [3.8, 4) is 5.75 Å². The standard InChI is InChI=1S/C22H22FNO4S/c1-15-12-21(16(2)24(15)13-17-4-6-18(23)7-5-17)22(25)14-28-19-8-10-20(11-9-19)29(3,26)27/h4-12H,13-14H2,1-3H3. The van der Waals surface area contributed by atoms with Gasteiger partial charge in [-0.2, -0.15) is 0 Å². The maximum absolute atomic E-state index is 13.1. The fraction of sp³-hybridized carbons (Fsp3) is 0.227. The average molecular weight is 415 g/mol. The number of Topliss-reactive ketones (excluding diaryl/α,β-unsaturated/α-hetero) is 1. The number of carbonyl (C=O) groups is 1. The normalized spacial score (nSPS) is 11.4. The lowest BCUT2D eigenvalue weighted by Crippen LogP contribution is -2.13. The van der Waals surface area contributed by atoms with E-state index in [0.717, 1.165) is 23.2 Å². The number of hydrogen-bond acceptors (Lipinski definition) is 4. The number of aryl methyl sites for hydroxylation is 1. The zero-order valence-corrected chi connectivity index (χ0v) is 17.3. The van der Waals surface area contributed by atoms with Crippen molar-refractivity contribution >= 4 is 15.6 Å². The molecule has 3 rings (SSSR count). The number of halogens is 1. The lowest BCUT2D eigenvalue weighted by Gasteiger charge is -2.10. The molecule has 0 fully saturated rings. The Morgan fingerprint density at radius 2 is 1.66 bits per heavy atom. The maximum atomic E-state index is 13.1. The minimum absolute atomic E-state index is 0.154. The van der Waals surface area contributed by atoms with Crippen LogP contribution in [0.3, 0.4) is 0 Å². The van der Waals surface area contributed by atoms with Gasteiger partial charge in [0, 0.05) is 29.8 Å². The number of ether oxygens (including phenoxy) is 1. The second-order valence-corrected chi connectivity index (χ2v) is 8.97. The van der Waals surface area contributed by atoms with E-state index in [1.54, 1.807) is 12.1 Å². The molecule has 0 unspecified atom stereocenters. The molecule has 0 spiro atoms. The summed E-state index contributed by atoms with van der Waals surface area (Å²) in [5.74, 6) is -0.0335. The molecule has 5 nitrogen and oxygen atoms in total. The molecular weight excluding hydrogens is 393 g/mol. The highest BCUT2D eigenvalue weighted by Gasteiger charge is 2.17. The third-order valence-electron chi connectivity index (χ3n) is 4.75. The van der Waals surface area contributed by atoms with Crippen molar-refractivity contribution in [2.24, 2.45) is 0 Å². The van der Waals surface area contributed by atoms with Gasteiger partial charge < -0.3 is 9.30 Å². The molecule has 0 bridgehead atoms. The molecule has 0 saturated heterocycles. The van der Waals surface area contributed by atoms with Gasteiger partial charge in [0.1, 0.15) is 11.6 Å². The number of benzene rings is 2. The van der Waals surface area contributed by atoms with Crippen molar-refractivity contribution in [1.82, 2.24) is 4.57 Å². The molecule has 1 aromatic heterocycles. The summed E-state index contributed by atoms with van der Waals surface area (Å²) < 4.78 is 43.6. The van der Waals surface area contributed by atoms with Gasteiger partial charge in [-0.15, -0.1) is 0 Å². The molecule has 0 saturated carbocycles. The minimum Gasteiger partial charge on any atom is -0.485 e. The van der Waals surface area contributed by atoms with E-state index in [1.807, 2.05) is 24.5 Å². The minimum atomic E-state index is -3.28. The van der Waals surface area contributed by atoms with Crippen LogP contribution >= 0.6 is 0 Å². The summed E-state index contributed by atoms with van der Waals surface area (Å²) in [6.45, 7) is 4.17. The number of aromatic nitrogens is 1. The summed E-state index contributed by atoms with van der Waals surface area (Å²) in [4.78, 5) is 12.8. The average Bonchev–Trinajstić information content (AvgIpc) is 2.96. The van der Waals surface area contributed by atoms with Crippen LogP contribution in [0.2, 0.25) is 0 Å². The lowest BCUT2D eigenvalue weighted by atomic mass is 10.1. The van der Waals surface area contributed by atoms with E-state index in [-0.39, 0.29) is 23.1 Å². The molecule has 2 aromatic carbocycles. The van der Waals surface area contributed by atoms with Crippen LogP contribution in [-0.2, 0) is 16.4 Å². The number of rotatable bonds is 7. The molecule has 0 radical (unpaired) electrons. The molecule has 0 atom stereocenters. The summed E-state index contributed by atoms with van der Waals surface area (Å²) >= 11 is 0. The molecule has 3 aromatic rings. The van der Waals surface area contributed by atoms with Crippen molar-refractivity contribution in [3.05, 3.63) is 82.9 Å². The molecular formula is C22H22FNO4S. The number of sulfone groups is 1. The van der Waals surface area contributed by atoms with E-state index in [0.29, 0.717) is 17.9 Å². The van der Waals surface area contributed by atoms with Crippen molar-refractivity contribution in [3.63, 3.8) is 0 Å². The van der Waals surface area contributed by atoms with Gasteiger partial charge in [0.25, 0.3) is 0 Å². The summed E-state index contributed by atoms with van der Waals surface area (Å²) in [5.41, 5.74) is 3.24. The number of hydrogen-bond donors (Lipinski definition) is 0. The topological polar surface area (TPSA) is 65.4 Å². The van der Waals surface area contributed by atoms with Gasteiger partial charge >= 0.3 is 0 Å². The highest BCUT2D eigenvalue weighted by molar-refractivity contribution is 7.90. The van der Waals surface area contributed by atoms with Crippen molar-refractivity contribution in [2.45, 2.75) is 25.3 Å². The smallest absolute Gasteiger partial charge is 0.202 e. The first-order chi connectivity index (χ1) is 13.6. The molecule has 0 aliphatic rings. The van der Waals surface area contributed by atoms with E-state index >= 15 is 0 Å². The van der Waals surface area contributed by atoms with E-state index in [9.17, 15) is 17.6 Å². The maximum Gasteiger partial charge on any atom is 0.202 e. The molecule has 0 aliphatic heterocycles. The Labute approximate surface area is 169 Å². The fourth-order valence-corrected chi connectivity index (χ4v) is 3.74. The second kappa shape index (κ2) is 8.21. The SMILES string of the molecule is Cc1cc(C(=O)COc2ccc(S(C)(=O)=O)cc2)c(C)n1Cc1ccc(F)cc1. The third kappa shape index (κ3) is 4.92. The zero-order valence-electron chi connectivity index (χ0n) is 16.5. The largest absolute Gasteiger partial charge is 0.485 e. The molecule has 1 heterocycles. The highest BCUT2D eigenvalue weighted by Crippen LogP contribution is 2.20. The second-order valence-electron chi connectivity index (χ2n) is 6.95. The third-order valence-corrected chi connectivity index (χ3v) is 5.88. The van der Waals surface area contributed by atoms with Crippen LogP contribution in [0, 0.1) is 19.7 Å². The molecule has 7 heteroatoms. The van der Waals surface area contributed by atoms with Crippen LogP contribution in [0.1, 0.15) is 27.3 Å². The molecule has 0 aliphatic carbocycles. The summed E-state index contributed by atoms with van der Waals surface area (Å²) in [5, 5.41) is 0. The number of ketones is 1. The van der Waals surface area contributed by atoms with Gasteiger partial charge in [-0.05, 0) is 61.9 Å². The van der Waals surface area contributed by atoms with E-state index in [1.165, 1.54) is 36.4 Å². The predicted octanol–water partition coefficient (Wildman–Crippen LogP) is 3.96. The molecule has 29 heavy (non-hydrogen) atoms. The highest BCUT2D eigenvalue weighted by atomic mass is 32.2. The van der Waals surface area contributed by atoms with Crippen LogP contribution in [0.15, 0.2) is 59.5 Å². The predicted molar refractivity (Wildman–Crippen MR) is 109 cm³/mol. The van der Waals surface area contributed by atoms with Crippen LogP contribution < -0.4 is 4.74 Å². The van der Waals surface area contributed by atoms with Crippen LogP contribution in [0.5, 0.6) is 5.75 Å². The Kier molecular flexibility index (Phi) is 5.88. The Morgan fingerprint density at radius 1 is 1.03 bits per heavy atom. The van der Waals surface area contributed by atoms with Crippen LogP contribution in [0.25, 0.3) is 0 Å². The first kappa shape index (κ1) is 20.8. The Hall–Kier alpha value is -2.93. The van der Waals surface area contributed by atoms with E-state index < -0.39 is 9.84 Å². The molecule has 0 N–H and O–H groups in total. The molecule has 0 amide bonds. The van der Waals surface area contributed by atoms with Gasteiger partial charge in [-0.25, -0.2) is 12.8 Å². The zero-order chi connectivity index (χ0) is 21.2. The fourth-order valence-electron chi connectivity index (χ4n) is 3.11. The van der Waals surface area contributed by atoms with E-state index in [2.05, 4.69) is 0 Å².